The molecular weight excluding hydrogens is 256 g/mol. The topological polar surface area (TPSA) is 64.8 Å². The van der Waals surface area contributed by atoms with E-state index in [4.69, 9.17) is 15.2 Å². The number of hydrogen-bond donors (Lipinski definition) is 1. The van der Waals surface area contributed by atoms with Crippen molar-refractivity contribution in [3.63, 3.8) is 0 Å². The van der Waals surface area contributed by atoms with Gasteiger partial charge < -0.3 is 20.1 Å². The van der Waals surface area contributed by atoms with Gasteiger partial charge in [0, 0.05) is 31.8 Å². The maximum Gasteiger partial charge on any atom is 0.253 e. The Balaban J connectivity index is 1.90. The molecule has 20 heavy (non-hydrogen) atoms. The van der Waals surface area contributed by atoms with Gasteiger partial charge in [-0.25, -0.2) is 0 Å². The van der Waals surface area contributed by atoms with Crippen LogP contribution in [0.2, 0.25) is 0 Å². The highest BCUT2D eigenvalue weighted by Crippen LogP contribution is 2.16. The Morgan fingerprint density at radius 2 is 1.90 bits per heavy atom. The molecule has 2 rings (SSSR count). The maximum atomic E-state index is 12.3. The van der Waals surface area contributed by atoms with E-state index in [9.17, 15) is 4.79 Å². The summed E-state index contributed by atoms with van der Waals surface area (Å²) in [4.78, 5) is 14.2. The summed E-state index contributed by atoms with van der Waals surface area (Å²) in [5, 5.41) is 0. The van der Waals surface area contributed by atoms with Crippen molar-refractivity contribution in [2.45, 2.75) is 18.9 Å². The SMILES string of the molecule is COCCOc1ccc(C(=O)N2CCC(N)CC2)cc1. The smallest absolute Gasteiger partial charge is 0.253 e. The predicted octanol–water partition coefficient (Wildman–Crippen LogP) is 1.28. The van der Waals surface area contributed by atoms with Crippen LogP contribution in [-0.4, -0.2) is 50.3 Å². The fourth-order valence-corrected chi connectivity index (χ4v) is 2.22. The first-order valence-corrected chi connectivity index (χ1v) is 6.97. The van der Waals surface area contributed by atoms with Crippen molar-refractivity contribution in [3.8, 4) is 5.75 Å². The van der Waals surface area contributed by atoms with Crippen molar-refractivity contribution in [3.05, 3.63) is 29.8 Å². The third-order valence-electron chi connectivity index (χ3n) is 3.48. The largest absolute Gasteiger partial charge is 0.491 e. The summed E-state index contributed by atoms with van der Waals surface area (Å²) in [6.45, 7) is 2.54. The lowest BCUT2D eigenvalue weighted by atomic mass is 10.0. The van der Waals surface area contributed by atoms with E-state index in [1.54, 1.807) is 19.2 Å². The van der Waals surface area contributed by atoms with Gasteiger partial charge in [-0.05, 0) is 37.1 Å². The Morgan fingerprint density at radius 1 is 1.25 bits per heavy atom. The first kappa shape index (κ1) is 14.8. The van der Waals surface area contributed by atoms with Gasteiger partial charge in [-0.15, -0.1) is 0 Å². The van der Waals surface area contributed by atoms with Crippen LogP contribution in [0.4, 0.5) is 0 Å². The minimum Gasteiger partial charge on any atom is -0.491 e. The zero-order chi connectivity index (χ0) is 14.4. The number of nitrogens with zero attached hydrogens (tertiary/aromatic N) is 1. The van der Waals surface area contributed by atoms with E-state index in [2.05, 4.69) is 0 Å². The molecule has 0 radical (unpaired) electrons. The summed E-state index contributed by atoms with van der Waals surface area (Å²) in [5.41, 5.74) is 6.54. The normalized spacial score (nSPS) is 16.2. The van der Waals surface area contributed by atoms with E-state index in [-0.39, 0.29) is 11.9 Å². The molecule has 1 saturated heterocycles. The number of methoxy groups -OCH3 is 1. The van der Waals surface area contributed by atoms with Gasteiger partial charge in [0.15, 0.2) is 0 Å². The van der Waals surface area contributed by atoms with E-state index < -0.39 is 0 Å². The van der Waals surface area contributed by atoms with Gasteiger partial charge in [0.25, 0.3) is 5.91 Å². The van der Waals surface area contributed by atoms with Crippen LogP contribution >= 0.6 is 0 Å². The Labute approximate surface area is 119 Å². The molecule has 2 N–H and O–H groups in total. The summed E-state index contributed by atoms with van der Waals surface area (Å²) < 4.78 is 10.4. The summed E-state index contributed by atoms with van der Waals surface area (Å²) in [5.74, 6) is 0.819. The lowest BCUT2D eigenvalue weighted by molar-refractivity contribution is 0.0714. The van der Waals surface area contributed by atoms with Crippen LogP contribution in [0.25, 0.3) is 0 Å². The van der Waals surface area contributed by atoms with Crippen LogP contribution in [0, 0.1) is 0 Å². The average molecular weight is 278 g/mol. The molecule has 0 atom stereocenters. The second-order valence-electron chi connectivity index (χ2n) is 5.00. The van der Waals surface area contributed by atoms with Gasteiger partial charge in [0.05, 0.1) is 6.61 Å². The lowest BCUT2D eigenvalue weighted by Gasteiger charge is -2.30. The monoisotopic (exact) mass is 278 g/mol. The van der Waals surface area contributed by atoms with Crippen LogP contribution < -0.4 is 10.5 Å². The molecule has 0 aromatic heterocycles. The molecule has 5 nitrogen and oxygen atoms in total. The Bertz CT molecular complexity index is 425. The van der Waals surface area contributed by atoms with Crippen LogP contribution in [0.5, 0.6) is 5.75 Å². The van der Waals surface area contributed by atoms with Crippen molar-refractivity contribution in [1.29, 1.82) is 0 Å². The van der Waals surface area contributed by atoms with Crippen LogP contribution in [0.15, 0.2) is 24.3 Å². The van der Waals surface area contributed by atoms with E-state index >= 15 is 0 Å². The van der Waals surface area contributed by atoms with E-state index in [0.717, 1.165) is 31.7 Å². The highest BCUT2D eigenvalue weighted by molar-refractivity contribution is 5.94. The zero-order valence-corrected chi connectivity index (χ0v) is 11.9. The summed E-state index contributed by atoms with van der Waals surface area (Å²) >= 11 is 0. The molecule has 0 aliphatic carbocycles. The van der Waals surface area contributed by atoms with E-state index in [1.165, 1.54) is 0 Å². The summed E-state index contributed by atoms with van der Waals surface area (Å²) in [6.07, 6.45) is 1.76. The van der Waals surface area contributed by atoms with Gasteiger partial charge in [0.2, 0.25) is 0 Å². The Morgan fingerprint density at radius 3 is 2.50 bits per heavy atom. The summed E-state index contributed by atoms with van der Waals surface area (Å²) in [6, 6.07) is 7.48. The molecule has 1 aliphatic heterocycles. The zero-order valence-electron chi connectivity index (χ0n) is 11.9. The van der Waals surface area contributed by atoms with E-state index in [0.29, 0.717) is 18.8 Å². The molecule has 5 heteroatoms. The van der Waals surface area contributed by atoms with Crippen LogP contribution in [-0.2, 0) is 4.74 Å². The number of amides is 1. The minimum absolute atomic E-state index is 0.0698. The molecule has 0 saturated carbocycles. The molecule has 0 bridgehead atoms. The average Bonchev–Trinajstić information content (AvgIpc) is 2.48. The van der Waals surface area contributed by atoms with Crippen molar-refractivity contribution in [2.75, 3.05) is 33.4 Å². The van der Waals surface area contributed by atoms with Crippen LogP contribution in [0.3, 0.4) is 0 Å². The molecule has 1 fully saturated rings. The van der Waals surface area contributed by atoms with Crippen molar-refractivity contribution in [1.82, 2.24) is 4.90 Å². The minimum atomic E-state index is 0.0698. The van der Waals surface area contributed by atoms with Gasteiger partial charge in [-0.3, -0.25) is 4.79 Å². The third kappa shape index (κ3) is 3.95. The number of rotatable bonds is 5. The second kappa shape index (κ2) is 7.26. The van der Waals surface area contributed by atoms with Gasteiger partial charge in [0.1, 0.15) is 12.4 Å². The third-order valence-corrected chi connectivity index (χ3v) is 3.48. The molecule has 110 valence electrons. The fraction of sp³-hybridized carbons (Fsp3) is 0.533. The first-order chi connectivity index (χ1) is 9.70. The number of carbonyl (C=O) groups excluding carboxylic acids is 1. The summed E-state index contributed by atoms with van der Waals surface area (Å²) in [7, 11) is 1.63. The number of carbonyl (C=O) groups is 1. The van der Waals surface area contributed by atoms with E-state index in [1.807, 2.05) is 17.0 Å². The molecule has 1 heterocycles. The highest BCUT2D eigenvalue weighted by atomic mass is 16.5. The molecule has 1 aromatic carbocycles. The van der Waals surface area contributed by atoms with Gasteiger partial charge in [-0.2, -0.15) is 0 Å². The molecule has 0 unspecified atom stereocenters. The Kier molecular flexibility index (Phi) is 5.38. The second-order valence-corrected chi connectivity index (χ2v) is 5.00. The predicted molar refractivity (Wildman–Crippen MR) is 76.9 cm³/mol. The number of piperidine rings is 1. The standard InChI is InChI=1S/C15H22N2O3/c1-19-10-11-20-14-4-2-12(3-5-14)15(18)17-8-6-13(16)7-9-17/h2-5,13H,6-11,16H2,1H3. The number of benzene rings is 1. The fourth-order valence-electron chi connectivity index (χ4n) is 2.22. The van der Waals surface area contributed by atoms with Crippen molar-refractivity contribution in [2.24, 2.45) is 5.73 Å². The van der Waals surface area contributed by atoms with Gasteiger partial charge in [-0.1, -0.05) is 0 Å². The molecule has 0 spiro atoms. The number of likely N-dealkylation sites (tertiary alicyclic amines) is 1. The quantitative estimate of drug-likeness (QED) is 0.824. The van der Waals surface area contributed by atoms with Crippen LogP contribution in [0.1, 0.15) is 23.2 Å². The molecular formula is C15H22N2O3. The van der Waals surface area contributed by atoms with Crippen molar-refractivity contribution >= 4 is 5.91 Å². The number of nitrogens with two attached hydrogens (primary N) is 1. The number of ether oxygens (including phenoxy) is 2. The molecule has 1 amide bonds. The Hall–Kier alpha value is -1.59. The number of hydrogen-bond acceptors (Lipinski definition) is 4. The van der Waals surface area contributed by atoms with Gasteiger partial charge >= 0.3 is 0 Å². The maximum absolute atomic E-state index is 12.3. The molecule has 1 aromatic rings. The highest BCUT2D eigenvalue weighted by Gasteiger charge is 2.21. The van der Waals surface area contributed by atoms with Crippen molar-refractivity contribution < 1.29 is 14.3 Å². The first-order valence-electron chi connectivity index (χ1n) is 6.97. The molecule has 1 aliphatic rings. The lowest BCUT2D eigenvalue weighted by Crippen LogP contribution is -2.42.